The highest BCUT2D eigenvalue weighted by Crippen LogP contribution is 2.08. The third kappa shape index (κ3) is 2.12. The molecule has 0 unspecified atom stereocenters. The Morgan fingerprint density at radius 2 is 2.05 bits per heavy atom. The fourth-order valence-corrected chi connectivity index (χ4v) is 2.09. The molecule has 0 fully saturated rings. The Balaban J connectivity index is 1.98. The minimum atomic E-state index is -0.0931. The zero-order chi connectivity index (χ0) is 13.2. The molecule has 0 atom stereocenters. The summed E-state index contributed by atoms with van der Waals surface area (Å²) in [7, 11) is 0. The third-order valence-electron chi connectivity index (χ3n) is 3.13. The van der Waals surface area contributed by atoms with Crippen molar-refractivity contribution in [2.24, 2.45) is 0 Å². The SMILES string of the molecule is Cc1nncn1CCn1c(=O)cnc2ccccc21. The summed E-state index contributed by atoms with van der Waals surface area (Å²) in [5.74, 6) is 0.839. The van der Waals surface area contributed by atoms with Crippen LogP contribution in [-0.4, -0.2) is 24.3 Å². The first-order valence-corrected chi connectivity index (χ1v) is 6.05. The second-order valence-corrected chi connectivity index (χ2v) is 4.31. The molecule has 6 nitrogen and oxygen atoms in total. The fraction of sp³-hybridized carbons (Fsp3) is 0.231. The lowest BCUT2D eigenvalue weighted by Crippen LogP contribution is -2.23. The first-order valence-electron chi connectivity index (χ1n) is 6.05. The molecule has 0 spiro atoms. The Morgan fingerprint density at radius 3 is 2.84 bits per heavy atom. The number of hydrogen-bond acceptors (Lipinski definition) is 4. The first-order chi connectivity index (χ1) is 9.25. The van der Waals surface area contributed by atoms with Crippen molar-refractivity contribution in [3.63, 3.8) is 0 Å². The molecule has 0 saturated carbocycles. The second kappa shape index (κ2) is 4.64. The molecular formula is C13H13N5O. The Morgan fingerprint density at radius 1 is 1.21 bits per heavy atom. The van der Waals surface area contributed by atoms with E-state index in [4.69, 9.17) is 0 Å². The molecular weight excluding hydrogens is 242 g/mol. The van der Waals surface area contributed by atoms with Crippen LogP contribution in [0.15, 0.2) is 41.6 Å². The van der Waals surface area contributed by atoms with Crippen molar-refractivity contribution in [1.82, 2.24) is 24.3 Å². The zero-order valence-electron chi connectivity index (χ0n) is 10.5. The Labute approximate surface area is 109 Å². The maximum atomic E-state index is 11.9. The van der Waals surface area contributed by atoms with Crippen molar-refractivity contribution in [2.45, 2.75) is 20.0 Å². The van der Waals surface area contributed by atoms with Crippen LogP contribution in [0.25, 0.3) is 11.0 Å². The maximum Gasteiger partial charge on any atom is 0.269 e. The number of aryl methyl sites for hydroxylation is 3. The average Bonchev–Trinajstić information content (AvgIpc) is 2.83. The summed E-state index contributed by atoms with van der Waals surface area (Å²) in [4.78, 5) is 16.1. The van der Waals surface area contributed by atoms with Gasteiger partial charge in [-0.05, 0) is 19.1 Å². The Kier molecular flexibility index (Phi) is 2.83. The fourth-order valence-electron chi connectivity index (χ4n) is 2.09. The van der Waals surface area contributed by atoms with Crippen LogP contribution in [-0.2, 0) is 13.1 Å². The normalized spacial score (nSPS) is 11.0. The molecule has 0 saturated heterocycles. The van der Waals surface area contributed by atoms with Gasteiger partial charge in [0.15, 0.2) is 0 Å². The van der Waals surface area contributed by atoms with E-state index in [0.29, 0.717) is 13.1 Å². The Bertz CT molecular complexity index is 774. The van der Waals surface area contributed by atoms with Gasteiger partial charge < -0.3 is 9.13 Å². The van der Waals surface area contributed by atoms with Crippen LogP contribution in [0.4, 0.5) is 0 Å². The summed E-state index contributed by atoms with van der Waals surface area (Å²) in [5, 5.41) is 7.76. The summed E-state index contributed by atoms with van der Waals surface area (Å²) >= 11 is 0. The summed E-state index contributed by atoms with van der Waals surface area (Å²) in [6, 6.07) is 7.62. The van der Waals surface area contributed by atoms with Gasteiger partial charge in [0.1, 0.15) is 12.2 Å². The molecule has 0 amide bonds. The van der Waals surface area contributed by atoms with Gasteiger partial charge in [-0.2, -0.15) is 0 Å². The van der Waals surface area contributed by atoms with E-state index in [-0.39, 0.29) is 5.56 Å². The molecule has 19 heavy (non-hydrogen) atoms. The molecule has 0 aliphatic heterocycles. The average molecular weight is 255 g/mol. The van der Waals surface area contributed by atoms with Crippen molar-refractivity contribution in [1.29, 1.82) is 0 Å². The molecule has 2 aromatic heterocycles. The van der Waals surface area contributed by atoms with Crippen LogP contribution in [0.3, 0.4) is 0 Å². The number of aromatic nitrogens is 5. The quantitative estimate of drug-likeness (QED) is 0.700. The summed E-state index contributed by atoms with van der Waals surface area (Å²) in [5.41, 5.74) is 1.58. The third-order valence-corrected chi connectivity index (χ3v) is 3.13. The summed E-state index contributed by atoms with van der Waals surface area (Å²) in [6.07, 6.45) is 3.03. The molecule has 0 radical (unpaired) electrons. The van der Waals surface area contributed by atoms with Gasteiger partial charge in [-0.15, -0.1) is 10.2 Å². The van der Waals surface area contributed by atoms with Crippen molar-refractivity contribution in [2.75, 3.05) is 0 Å². The topological polar surface area (TPSA) is 65.6 Å². The molecule has 3 aromatic rings. The smallest absolute Gasteiger partial charge is 0.269 e. The highest BCUT2D eigenvalue weighted by atomic mass is 16.1. The lowest BCUT2D eigenvalue weighted by molar-refractivity contribution is 0.566. The van der Waals surface area contributed by atoms with E-state index >= 15 is 0 Å². The zero-order valence-corrected chi connectivity index (χ0v) is 10.5. The molecule has 96 valence electrons. The number of fused-ring (bicyclic) bond motifs is 1. The largest absolute Gasteiger partial charge is 0.316 e. The molecule has 0 bridgehead atoms. The van der Waals surface area contributed by atoms with E-state index < -0.39 is 0 Å². The summed E-state index contributed by atoms with van der Waals surface area (Å²) < 4.78 is 3.64. The lowest BCUT2D eigenvalue weighted by Gasteiger charge is -2.10. The predicted molar refractivity (Wildman–Crippen MR) is 70.8 cm³/mol. The van der Waals surface area contributed by atoms with Crippen molar-refractivity contribution in [3.8, 4) is 0 Å². The molecule has 0 N–H and O–H groups in total. The van der Waals surface area contributed by atoms with E-state index in [0.717, 1.165) is 16.9 Å². The Hall–Kier alpha value is -2.50. The predicted octanol–water partition coefficient (Wildman–Crippen LogP) is 0.997. The molecule has 6 heteroatoms. The van der Waals surface area contributed by atoms with Gasteiger partial charge in [0.05, 0.1) is 17.2 Å². The van der Waals surface area contributed by atoms with Crippen LogP contribution >= 0.6 is 0 Å². The molecule has 1 aromatic carbocycles. The van der Waals surface area contributed by atoms with Crippen LogP contribution in [0.2, 0.25) is 0 Å². The maximum absolute atomic E-state index is 11.9. The monoisotopic (exact) mass is 255 g/mol. The molecule has 0 aliphatic carbocycles. The number of para-hydroxylation sites is 2. The number of benzene rings is 1. The van der Waals surface area contributed by atoms with E-state index in [2.05, 4.69) is 15.2 Å². The molecule has 2 heterocycles. The van der Waals surface area contributed by atoms with Crippen LogP contribution in [0.5, 0.6) is 0 Å². The minimum absolute atomic E-state index is 0.0931. The van der Waals surface area contributed by atoms with Crippen molar-refractivity contribution >= 4 is 11.0 Å². The highest BCUT2D eigenvalue weighted by molar-refractivity contribution is 5.74. The lowest BCUT2D eigenvalue weighted by atomic mass is 10.3. The van der Waals surface area contributed by atoms with Crippen LogP contribution in [0.1, 0.15) is 5.82 Å². The van der Waals surface area contributed by atoms with Gasteiger partial charge in [-0.25, -0.2) is 4.98 Å². The standard InChI is InChI=1S/C13H13N5O/c1-10-16-15-9-17(10)6-7-18-12-5-3-2-4-11(12)14-8-13(18)19/h2-5,8-9H,6-7H2,1H3. The number of nitrogens with zero attached hydrogens (tertiary/aromatic N) is 5. The minimum Gasteiger partial charge on any atom is -0.316 e. The van der Waals surface area contributed by atoms with Crippen LogP contribution in [0, 0.1) is 6.92 Å². The van der Waals surface area contributed by atoms with Gasteiger partial charge in [-0.3, -0.25) is 4.79 Å². The van der Waals surface area contributed by atoms with Crippen molar-refractivity contribution < 1.29 is 0 Å². The van der Waals surface area contributed by atoms with Gasteiger partial charge in [0, 0.05) is 13.1 Å². The van der Waals surface area contributed by atoms with Gasteiger partial charge in [0.25, 0.3) is 5.56 Å². The number of rotatable bonds is 3. The van der Waals surface area contributed by atoms with Gasteiger partial charge >= 0.3 is 0 Å². The van der Waals surface area contributed by atoms with E-state index in [9.17, 15) is 4.79 Å². The van der Waals surface area contributed by atoms with Crippen LogP contribution < -0.4 is 5.56 Å². The number of hydrogen-bond donors (Lipinski definition) is 0. The molecule has 0 aliphatic rings. The molecule has 3 rings (SSSR count). The van der Waals surface area contributed by atoms with Crippen molar-refractivity contribution in [3.05, 3.63) is 53.0 Å². The first kappa shape index (κ1) is 11.6. The van der Waals surface area contributed by atoms with E-state index in [1.165, 1.54) is 6.20 Å². The van der Waals surface area contributed by atoms with E-state index in [1.807, 2.05) is 35.8 Å². The highest BCUT2D eigenvalue weighted by Gasteiger charge is 2.04. The summed E-state index contributed by atoms with van der Waals surface area (Å²) in [6.45, 7) is 3.12. The van der Waals surface area contributed by atoms with Gasteiger partial charge in [0.2, 0.25) is 0 Å². The van der Waals surface area contributed by atoms with E-state index in [1.54, 1.807) is 10.9 Å². The second-order valence-electron chi connectivity index (χ2n) is 4.31. The van der Waals surface area contributed by atoms with Gasteiger partial charge in [-0.1, -0.05) is 12.1 Å².